The van der Waals surface area contributed by atoms with Crippen molar-refractivity contribution in [3.8, 4) is 11.5 Å². The fourth-order valence-corrected chi connectivity index (χ4v) is 3.30. The molecule has 0 unspecified atom stereocenters. The summed E-state index contributed by atoms with van der Waals surface area (Å²) in [6.07, 6.45) is 0. The summed E-state index contributed by atoms with van der Waals surface area (Å²) in [5, 5.41) is 5.45. The van der Waals surface area contributed by atoms with Crippen LogP contribution in [0.15, 0.2) is 53.9 Å². The summed E-state index contributed by atoms with van der Waals surface area (Å²) in [7, 11) is 1.61. The van der Waals surface area contributed by atoms with E-state index in [9.17, 15) is 4.79 Å². The summed E-state index contributed by atoms with van der Waals surface area (Å²) < 4.78 is 11.1. The van der Waals surface area contributed by atoms with Crippen LogP contribution in [0.25, 0.3) is 0 Å². The number of methoxy groups -OCH3 is 1. The number of rotatable bonds is 7. The molecule has 0 aliphatic carbocycles. The Balaban J connectivity index is 1.60. The van der Waals surface area contributed by atoms with Crippen LogP contribution in [0.3, 0.4) is 0 Å². The average Bonchev–Trinajstić information content (AvgIpc) is 3.16. The zero-order valence-corrected chi connectivity index (χ0v) is 16.4. The van der Waals surface area contributed by atoms with Gasteiger partial charge in [-0.25, -0.2) is 4.98 Å². The quantitative estimate of drug-likeness (QED) is 0.652. The molecule has 3 rings (SSSR count). The molecular weight excluding hydrogens is 360 g/mol. The molecule has 0 spiro atoms. The van der Waals surface area contributed by atoms with E-state index in [2.05, 4.69) is 10.3 Å². The Morgan fingerprint density at radius 3 is 2.70 bits per heavy atom. The molecule has 2 aromatic carbocycles. The van der Waals surface area contributed by atoms with E-state index < -0.39 is 0 Å². The van der Waals surface area contributed by atoms with Crippen LogP contribution < -0.4 is 14.8 Å². The van der Waals surface area contributed by atoms with E-state index in [0.29, 0.717) is 17.2 Å². The van der Waals surface area contributed by atoms with Crippen LogP contribution in [0, 0.1) is 6.92 Å². The van der Waals surface area contributed by atoms with Crippen molar-refractivity contribution in [3.63, 3.8) is 0 Å². The lowest BCUT2D eigenvalue weighted by molar-refractivity contribution is 0.0935. The van der Waals surface area contributed by atoms with Crippen molar-refractivity contribution in [1.29, 1.82) is 0 Å². The maximum atomic E-state index is 12.4. The molecule has 1 heterocycles. The summed E-state index contributed by atoms with van der Waals surface area (Å²) in [6, 6.07) is 15.5. The predicted octanol–water partition coefficient (Wildman–Crippen LogP) is 4.53. The molecule has 0 fully saturated rings. The van der Waals surface area contributed by atoms with E-state index in [1.807, 2.05) is 62.4 Å². The zero-order chi connectivity index (χ0) is 19.2. The Bertz CT molecular complexity index is 909. The first-order valence-electron chi connectivity index (χ1n) is 8.64. The number of hydrogen-bond donors (Lipinski definition) is 1. The third kappa shape index (κ3) is 4.86. The lowest BCUT2D eigenvalue weighted by atomic mass is 10.1. The molecule has 1 atom stereocenters. The topological polar surface area (TPSA) is 60.5 Å². The molecular formula is C21H22N2O3S. The highest BCUT2D eigenvalue weighted by Gasteiger charge is 2.15. The highest BCUT2D eigenvalue weighted by atomic mass is 32.1. The number of benzene rings is 2. The normalized spacial score (nSPS) is 11.7. The van der Waals surface area contributed by atoms with Crippen molar-refractivity contribution in [2.75, 3.05) is 7.11 Å². The Hall–Kier alpha value is -2.86. The minimum atomic E-state index is -0.193. The van der Waals surface area contributed by atoms with Gasteiger partial charge >= 0.3 is 0 Å². The van der Waals surface area contributed by atoms with Crippen molar-refractivity contribution in [3.05, 3.63) is 75.7 Å². The monoisotopic (exact) mass is 382 g/mol. The number of hydrogen-bond acceptors (Lipinski definition) is 5. The van der Waals surface area contributed by atoms with Gasteiger partial charge in [-0.05, 0) is 37.1 Å². The molecule has 0 radical (unpaired) electrons. The SMILES string of the molecule is COc1cc(C)ccc1OCc1nc(C(=O)N[C@@H](C)c2ccccc2)cs1. The van der Waals surface area contributed by atoms with E-state index in [1.165, 1.54) is 11.3 Å². The fraction of sp³-hybridized carbons (Fsp3) is 0.238. The van der Waals surface area contributed by atoms with Crippen molar-refractivity contribution in [2.24, 2.45) is 0 Å². The van der Waals surface area contributed by atoms with Crippen LogP contribution in [0.2, 0.25) is 0 Å². The molecule has 0 aliphatic heterocycles. The first kappa shape index (κ1) is 18.9. The molecule has 0 aliphatic rings. The lowest BCUT2D eigenvalue weighted by Gasteiger charge is -2.13. The van der Waals surface area contributed by atoms with Gasteiger partial charge in [0.2, 0.25) is 0 Å². The second-order valence-electron chi connectivity index (χ2n) is 6.18. The molecule has 0 bridgehead atoms. The predicted molar refractivity (Wildman–Crippen MR) is 107 cm³/mol. The summed E-state index contributed by atoms with van der Waals surface area (Å²) in [4.78, 5) is 16.8. The number of aromatic nitrogens is 1. The Labute approximate surface area is 163 Å². The maximum Gasteiger partial charge on any atom is 0.271 e. The fourth-order valence-electron chi connectivity index (χ4n) is 2.61. The van der Waals surface area contributed by atoms with Crippen LogP contribution in [0.5, 0.6) is 11.5 Å². The van der Waals surface area contributed by atoms with E-state index in [0.717, 1.165) is 16.1 Å². The van der Waals surface area contributed by atoms with Gasteiger partial charge in [0.25, 0.3) is 5.91 Å². The molecule has 27 heavy (non-hydrogen) atoms. The number of aryl methyl sites for hydroxylation is 1. The van der Waals surface area contributed by atoms with Crippen molar-refractivity contribution < 1.29 is 14.3 Å². The molecule has 140 valence electrons. The van der Waals surface area contributed by atoms with Gasteiger partial charge in [-0.3, -0.25) is 4.79 Å². The van der Waals surface area contributed by atoms with Gasteiger partial charge < -0.3 is 14.8 Å². The van der Waals surface area contributed by atoms with Gasteiger partial charge in [-0.2, -0.15) is 0 Å². The van der Waals surface area contributed by atoms with Gasteiger partial charge in [-0.15, -0.1) is 11.3 Å². The summed E-state index contributed by atoms with van der Waals surface area (Å²) >= 11 is 1.40. The number of thiazole rings is 1. The third-order valence-corrected chi connectivity index (χ3v) is 4.92. The first-order chi connectivity index (χ1) is 13.1. The number of nitrogens with one attached hydrogen (secondary N) is 1. The zero-order valence-electron chi connectivity index (χ0n) is 15.6. The molecule has 5 nitrogen and oxygen atoms in total. The van der Waals surface area contributed by atoms with Crippen LogP contribution >= 0.6 is 11.3 Å². The summed E-state index contributed by atoms with van der Waals surface area (Å²) in [5.41, 5.74) is 2.55. The standard InChI is InChI=1S/C21H22N2O3S/c1-14-9-10-18(19(11-14)25-3)26-12-20-23-17(13-27-20)21(24)22-15(2)16-7-5-4-6-8-16/h4-11,13,15H,12H2,1-3H3,(H,22,24)/t15-/m0/s1. The Morgan fingerprint density at radius 2 is 1.96 bits per heavy atom. The second kappa shape index (κ2) is 8.68. The number of ether oxygens (including phenoxy) is 2. The number of carbonyl (C=O) groups excluding carboxylic acids is 1. The van der Waals surface area contributed by atoms with Crippen LogP contribution in [0.1, 0.15) is 39.6 Å². The third-order valence-electron chi connectivity index (χ3n) is 4.10. The van der Waals surface area contributed by atoms with Crippen LogP contribution in [-0.2, 0) is 6.61 Å². The van der Waals surface area contributed by atoms with Crippen molar-refractivity contribution in [2.45, 2.75) is 26.5 Å². The molecule has 1 amide bonds. The summed E-state index contributed by atoms with van der Waals surface area (Å²) in [6.45, 7) is 4.23. The average molecular weight is 382 g/mol. The first-order valence-corrected chi connectivity index (χ1v) is 9.52. The van der Waals surface area contributed by atoms with E-state index in [-0.39, 0.29) is 18.6 Å². The smallest absolute Gasteiger partial charge is 0.271 e. The highest BCUT2D eigenvalue weighted by Crippen LogP contribution is 2.28. The van der Waals surface area contributed by atoms with E-state index in [1.54, 1.807) is 12.5 Å². The maximum absolute atomic E-state index is 12.4. The number of carbonyl (C=O) groups is 1. The highest BCUT2D eigenvalue weighted by molar-refractivity contribution is 7.09. The lowest BCUT2D eigenvalue weighted by Crippen LogP contribution is -2.26. The largest absolute Gasteiger partial charge is 0.493 e. The number of nitrogens with zero attached hydrogens (tertiary/aromatic N) is 1. The Kier molecular flexibility index (Phi) is 6.08. The van der Waals surface area contributed by atoms with Crippen molar-refractivity contribution in [1.82, 2.24) is 10.3 Å². The molecule has 1 N–H and O–H groups in total. The van der Waals surface area contributed by atoms with Crippen LogP contribution in [0.4, 0.5) is 0 Å². The molecule has 3 aromatic rings. The van der Waals surface area contributed by atoms with Gasteiger partial charge in [0, 0.05) is 5.38 Å². The second-order valence-corrected chi connectivity index (χ2v) is 7.12. The number of amides is 1. The molecule has 6 heteroatoms. The van der Waals surface area contributed by atoms with Gasteiger partial charge in [0.15, 0.2) is 11.5 Å². The van der Waals surface area contributed by atoms with Gasteiger partial charge in [0.1, 0.15) is 17.3 Å². The summed E-state index contributed by atoms with van der Waals surface area (Å²) in [5.74, 6) is 1.14. The van der Waals surface area contributed by atoms with Gasteiger partial charge in [0.05, 0.1) is 13.2 Å². The van der Waals surface area contributed by atoms with E-state index >= 15 is 0 Å². The van der Waals surface area contributed by atoms with E-state index in [4.69, 9.17) is 9.47 Å². The Morgan fingerprint density at radius 1 is 1.19 bits per heavy atom. The van der Waals surface area contributed by atoms with Crippen molar-refractivity contribution >= 4 is 17.2 Å². The van der Waals surface area contributed by atoms with Gasteiger partial charge in [-0.1, -0.05) is 36.4 Å². The molecule has 0 saturated carbocycles. The minimum Gasteiger partial charge on any atom is -0.493 e. The van der Waals surface area contributed by atoms with Crippen LogP contribution in [-0.4, -0.2) is 18.0 Å². The minimum absolute atomic E-state index is 0.0862. The molecule has 1 aromatic heterocycles. The molecule has 0 saturated heterocycles.